The van der Waals surface area contributed by atoms with Gasteiger partial charge in [0.1, 0.15) is 5.01 Å². The first-order valence-corrected chi connectivity index (χ1v) is 11.9. The number of halogens is 1. The molecule has 0 spiro atoms. The zero-order valence-electron chi connectivity index (χ0n) is 18.6. The van der Waals surface area contributed by atoms with Gasteiger partial charge < -0.3 is 19.7 Å². The molecule has 1 unspecified atom stereocenters. The molecule has 0 aliphatic rings. The third kappa shape index (κ3) is 5.18. The Hall–Kier alpha value is -3.50. The highest BCUT2D eigenvalue weighted by Gasteiger charge is 2.21. The van der Waals surface area contributed by atoms with Crippen LogP contribution in [0.15, 0.2) is 48.2 Å². The number of carboxylic acids is 1. The van der Waals surface area contributed by atoms with Crippen LogP contribution < -0.4 is 5.32 Å². The van der Waals surface area contributed by atoms with Crippen LogP contribution in [0.2, 0.25) is 5.15 Å². The number of amides is 2. The normalized spacial score (nSPS) is 12.0. The van der Waals surface area contributed by atoms with E-state index in [1.54, 1.807) is 16.5 Å². The molecule has 9 nitrogen and oxygen atoms in total. The van der Waals surface area contributed by atoms with Crippen LogP contribution in [0, 0.1) is 0 Å². The molecule has 0 saturated heterocycles. The first-order valence-electron chi connectivity index (χ1n) is 10.6. The molecule has 0 radical (unpaired) electrons. The van der Waals surface area contributed by atoms with E-state index in [9.17, 15) is 9.59 Å². The summed E-state index contributed by atoms with van der Waals surface area (Å²) < 4.78 is 1.83. The molecule has 11 heteroatoms. The van der Waals surface area contributed by atoms with Crippen LogP contribution in [-0.2, 0) is 17.8 Å². The molecule has 176 valence electrons. The zero-order valence-corrected chi connectivity index (χ0v) is 20.2. The van der Waals surface area contributed by atoms with Crippen molar-refractivity contribution in [3.05, 3.63) is 69.7 Å². The standard InChI is InChI=1S/C23H23ClN6O3S/c1-3-30(23(33)26-11-19-27-17(13-34-19)10-20(31)32)14(2)15-5-4-6-16(9-15)18-12-29-8-7-25-22(29)21(24)28-18/h4-9,12-14H,3,10-11H2,1-2H3,(H,26,33)(H,31,32). The zero-order chi connectivity index (χ0) is 24.2. The number of carbonyl (C=O) groups is 2. The van der Waals surface area contributed by atoms with Gasteiger partial charge in [-0.1, -0.05) is 29.8 Å². The van der Waals surface area contributed by atoms with E-state index >= 15 is 0 Å². The van der Waals surface area contributed by atoms with Crippen molar-refractivity contribution in [1.82, 2.24) is 29.6 Å². The van der Waals surface area contributed by atoms with E-state index < -0.39 is 5.97 Å². The predicted octanol–water partition coefficient (Wildman–Crippen LogP) is 4.43. The maximum absolute atomic E-state index is 12.9. The SMILES string of the molecule is CCN(C(=O)NCc1nc(CC(=O)O)cs1)C(C)c1cccc(-c2cn3ccnc3c(Cl)n2)c1. The molecule has 2 amide bonds. The molecule has 0 bridgehead atoms. The Kier molecular flexibility index (Phi) is 7.09. The van der Waals surface area contributed by atoms with Crippen LogP contribution in [0.4, 0.5) is 4.79 Å². The van der Waals surface area contributed by atoms with Gasteiger partial charge in [0.25, 0.3) is 0 Å². The van der Waals surface area contributed by atoms with Gasteiger partial charge in [-0.05, 0) is 25.5 Å². The number of hydrogen-bond acceptors (Lipinski definition) is 6. The average Bonchev–Trinajstić information content (AvgIpc) is 3.47. The lowest BCUT2D eigenvalue weighted by atomic mass is 10.0. The summed E-state index contributed by atoms with van der Waals surface area (Å²) in [6, 6.07) is 7.43. The number of nitrogens with one attached hydrogen (secondary N) is 1. The molecule has 0 aliphatic heterocycles. The second-order valence-corrected chi connectivity index (χ2v) is 8.92. The topological polar surface area (TPSA) is 113 Å². The molecule has 0 aliphatic carbocycles. The van der Waals surface area contributed by atoms with Crippen LogP contribution in [-0.4, -0.2) is 47.9 Å². The molecule has 3 heterocycles. The van der Waals surface area contributed by atoms with E-state index in [4.69, 9.17) is 16.7 Å². The van der Waals surface area contributed by atoms with Gasteiger partial charge in [0, 0.05) is 36.1 Å². The Balaban J connectivity index is 1.48. The molecule has 2 N–H and O–H groups in total. The summed E-state index contributed by atoms with van der Waals surface area (Å²) in [6.07, 6.45) is 5.22. The Morgan fingerprint density at radius 1 is 1.32 bits per heavy atom. The number of aromatic nitrogens is 4. The Labute approximate surface area is 205 Å². The van der Waals surface area contributed by atoms with Crippen LogP contribution in [0.25, 0.3) is 16.9 Å². The van der Waals surface area contributed by atoms with Crippen molar-refractivity contribution in [1.29, 1.82) is 0 Å². The fourth-order valence-electron chi connectivity index (χ4n) is 3.68. The Bertz CT molecular complexity index is 1340. The number of fused-ring (bicyclic) bond motifs is 1. The van der Waals surface area contributed by atoms with Crippen molar-refractivity contribution >= 4 is 40.6 Å². The summed E-state index contributed by atoms with van der Waals surface area (Å²) >= 11 is 7.62. The first kappa shape index (κ1) is 23.7. The first-order chi connectivity index (χ1) is 16.4. The highest BCUT2D eigenvalue weighted by molar-refractivity contribution is 7.09. The third-order valence-electron chi connectivity index (χ3n) is 5.39. The molecule has 1 aromatic carbocycles. The number of carbonyl (C=O) groups excluding carboxylic acids is 1. The molecule has 4 aromatic rings. The highest BCUT2D eigenvalue weighted by atomic mass is 35.5. The van der Waals surface area contributed by atoms with E-state index in [0.717, 1.165) is 11.1 Å². The van der Waals surface area contributed by atoms with Gasteiger partial charge in [-0.15, -0.1) is 11.3 Å². The van der Waals surface area contributed by atoms with E-state index in [1.807, 2.05) is 54.9 Å². The summed E-state index contributed by atoms with van der Waals surface area (Å²) in [4.78, 5) is 38.4. The summed E-state index contributed by atoms with van der Waals surface area (Å²) in [5, 5.41) is 14.5. The average molecular weight is 499 g/mol. The van der Waals surface area contributed by atoms with Crippen molar-refractivity contribution in [2.45, 2.75) is 32.9 Å². The van der Waals surface area contributed by atoms with Crippen LogP contribution >= 0.6 is 22.9 Å². The minimum atomic E-state index is -0.934. The lowest BCUT2D eigenvalue weighted by molar-refractivity contribution is -0.136. The summed E-state index contributed by atoms with van der Waals surface area (Å²) in [6.45, 7) is 4.63. The number of imidazole rings is 1. The van der Waals surface area contributed by atoms with Crippen molar-refractivity contribution in [3.8, 4) is 11.3 Å². The largest absolute Gasteiger partial charge is 0.481 e. The van der Waals surface area contributed by atoms with E-state index in [2.05, 4.69) is 20.3 Å². The van der Waals surface area contributed by atoms with Crippen molar-refractivity contribution < 1.29 is 14.7 Å². The maximum atomic E-state index is 12.9. The van der Waals surface area contributed by atoms with Crippen molar-refractivity contribution in [3.63, 3.8) is 0 Å². The molecule has 0 fully saturated rings. The molecular formula is C23H23ClN6O3S. The van der Waals surface area contributed by atoms with Gasteiger partial charge in [-0.3, -0.25) is 4.79 Å². The molecule has 1 atom stereocenters. The molecule has 3 aromatic heterocycles. The summed E-state index contributed by atoms with van der Waals surface area (Å²) in [7, 11) is 0. The maximum Gasteiger partial charge on any atom is 0.318 e. The molecule has 4 rings (SSSR count). The van der Waals surface area contributed by atoms with Crippen LogP contribution in [0.1, 0.15) is 36.2 Å². The molecular weight excluding hydrogens is 476 g/mol. The number of thiazole rings is 1. The Morgan fingerprint density at radius 3 is 2.91 bits per heavy atom. The fraction of sp³-hybridized carbons (Fsp3) is 0.261. The lowest BCUT2D eigenvalue weighted by Crippen LogP contribution is -2.41. The van der Waals surface area contributed by atoms with Gasteiger partial charge in [-0.2, -0.15) is 0 Å². The number of nitrogens with zero attached hydrogens (tertiary/aromatic N) is 5. The van der Waals surface area contributed by atoms with E-state index in [0.29, 0.717) is 33.7 Å². The predicted molar refractivity (Wildman–Crippen MR) is 130 cm³/mol. The molecule has 0 saturated carbocycles. The smallest absolute Gasteiger partial charge is 0.318 e. The van der Waals surface area contributed by atoms with Gasteiger partial charge >= 0.3 is 12.0 Å². The van der Waals surface area contributed by atoms with Gasteiger partial charge in [0.05, 0.1) is 30.4 Å². The number of aliphatic carboxylic acids is 1. The highest BCUT2D eigenvalue weighted by Crippen LogP contribution is 2.27. The van der Waals surface area contributed by atoms with Gasteiger partial charge in [-0.25, -0.2) is 19.7 Å². The second-order valence-electron chi connectivity index (χ2n) is 7.62. The quantitative estimate of drug-likeness (QED) is 0.371. The third-order valence-corrected chi connectivity index (χ3v) is 6.54. The second kappa shape index (κ2) is 10.2. The van der Waals surface area contributed by atoms with E-state index in [-0.39, 0.29) is 25.0 Å². The monoisotopic (exact) mass is 498 g/mol. The van der Waals surface area contributed by atoms with Crippen molar-refractivity contribution in [2.75, 3.05) is 6.54 Å². The van der Waals surface area contributed by atoms with Gasteiger partial charge in [0.15, 0.2) is 10.8 Å². The number of urea groups is 1. The molecule has 34 heavy (non-hydrogen) atoms. The van der Waals surface area contributed by atoms with Crippen LogP contribution in [0.3, 0.4) is 0 Å². The number of benzene rings is 1. The lowest BCUT2D eigenvalue weighted by Gasteiger charge is -2.28. The summed E-state index contributed by atoms with van der Waals surface area (Å²) in [5.74, 6) is -0.934. The minimum absolute atomic E-state index is 0.132. The summed E-state index contributed by atoms with van der Waals surface area (Å²) in [5.41, 5.74) is 3.63. The van der Waals surface area contributed by atoms with E-state index in [1.165, 1.54) is 11.3 Å². The Morgan fingerprint density at radius 2 is 2.15 bits per heavy atom. The number of hydrogen-bond donors (Lipinski definition) is 2. The van der Waals surface area contributed by atoms with Gasteiger partial charge in [0.2, 0.25) is 0 Å². The fourth-order valence-corrected chi connectivity index (χ4v) is 4.65. The number of carboxylic acid groups (broad SMARTS) is 1. The van der Waals surface area contributed by atoms with Crippen LogP contribution in [0.5, 0.6) is 0 Å². The minimum Gasteiger partial charge on any atom is -0.481 e. The van der Waals surface area contributed by atoms with Crippen molar-refractivity contribution in [2.24, 2.45) is 0 Å². The number of rotatable bonds is 8.